The second-order valence-electron chi connectivity index (χ2n) is 6.86. The second-order valence-corrected chi connectivity index (χ2v) is 6.86. The number of ether oxygens (including phenoxy) is 2. The zero-order valence-corrected chi connectivity index (χ0v) is 16.3. The van der Waals surface area contributed by atoms with E-state index in [2.05, 4.69) is 4.98 Å². The van der Waals surface area contributed by atoms with Crippen LogP contribution in [0.5, 0.6) is 0 Å². The number of aromatic carboxylic acids is 1. The van der Waals surface area contributed by atoms with Crippen LogP contribution in [0.15, 0.2) is 24.3 Å². The van der Waals surface area contributed by atoms with E-state index in [0.29, 0.717) is 36.3 Å². The average molecular weight is 387 g/mol. The number of aryl methyl sites for hydroxylation is 2. The van der Waals surface area contributed by atoms with Gasteiger partial charge in [0, 0.05) is 23.4 Å². The van der Waals surface area contributed by atoms with Crippen molar-refractivity contribution in [3.8, 4) is 11.1 Å². The highest BCUT2D eigenvalue weighted by Gasteiger charge is 2.25. The quantitative estimate of drug-likeness (QED) is 0.742. The summed E-state index contributed by atoms with van der Waals surface area (Å²) in [6.45, 7) is 4.74. The fourth-order valence-corrected chi connectivity index (χ4v) is 3.61. The number of aromatic nitrogens is 1. The number of carboxylic acid groups (broad SMARTS) is 1. The molecule has 6 heteroatoms. The van der Waals surface area contributed by atoms with Gasteiger partial charge in [-0.05, 0) is 49.8 Å². The maximum atomic E-state index is 13.5. The molecular weight excluding hydrogens is 361 g/mol. The van der Waals surface area contributed by atoms with Crippen LogP contribution in [0.25, 0.3) is 11.1 Å². The Balaban J connectivity index is 2.12. The molecule has 0 bridgehead atoms. The normalized spacial score (nSPS) is 16.9. The Labute approximate surface area is 164 Å². The van der Waals surface area contributed by atoms with Crippen LogP contribution in [-0.2, 0) is 28.9 Å². The number of rotatable bonds is 7. The molecule has 1 fully saturated rings. The van der Waals surface area contributed by atoms with Crippen molar-refractivity contribution >= 4 is 5.97 Å². The summed E-state index contributed by atoms with van der Waals surface area (Å²) in [6.07, 6.45) is 3.74. The highest BCUT2D eigenvalue weighted by Crippen LogP contribution is 2.33. The molecule has 0 spiro atoms. The van der Waals surface area contributed by atoms with Crippen LogP contribution in [0.2, 0.25) is 0 Å². The van der Waals surface area contributed by atoms with Gasteiger partial charge in [-0.3, -0.25) is 4.98 Å². The molecule has 1 aromatic carbocycles. The topological polar surface area (TPSA) is 68.7 Å². The first-order valence-corrected chi connectivity index (χ1v) is 9.82. The van der Waals surface area contributed by atoms with E-state index < -0.39 is 5.97 Å². The van der Waals surface area contributed by atoms with Crippen molar-refractivity contribution in [3.63, 3.8) is 0 Å². The third-order valence-corrected chi connectivity index (χ3v) is 5.03. The Kier molecular flexibility index (Phi) is 6.75. The summed E-state index contributed by atoms with van der Waals surface area (Å²) in [5, 5.41) is 9.92. The van der Waals surface area contributed by atoms with E-state index in [9.17, 15) is 14.3 Å². The third-order valence-electron chi connectivity index (χ3n) is 5.03. The standard InChI is InChI=1S/C22H26FNO4/c1-3-17-16(13-28-19-7-5-6-12-27-19)20(14-8-10-15(23)11-9-14)21(22(25)26)18(4-2)24-17/h8-11,19H,3-7,12-13H2,1-2H3,(H,25,26). The molecule has 1 atom stereocenters. The van der Waals surface area contributed by atoms with Gasteiger partial charge in [-0.2, -0.15) is 0 Å². The van der Waals surface area contributed by atoms with Crippen LogP contribution in [-0.4, -0.2) is 29.0 Å². The van der Waals surface area contributed by atoms with E-state index in [4.69, 9.17) is 9.47 Å². The lowest BCUT2D eigenvalue weighted by molar-refractivity contribution is -0.169. The van der Waals surface area contributed by atoms with Gasteiger partial charge in [0.15, 0.2) is 6.29 Å². The van der Waals surface area contributed by atoms with Gasteiger partial charge in [-0.15, -0.1) is 0 Å². The molecular formula is C22H26FNO4. The van der Waals surface area contributed by atoms with Gasteiger partial charge in [0.1, 0.15) is 5.82 Å². The number of hydrogen-bond acceptors (Lipinski definition) is 4. The summed E-state index contributed by atoms with van der Waals surface area (Å²) in [6, 6.07) is 5.90. The number of pyridine rings is 1. The van der Waals surface area contributed by atoms with E-state index in [0.717, 1.165) is 30.5 Å². The molecule has 0 amide bonds. The van der Waals surface area contributed by atoms with E-state index >= 15 is 0 Å². The molecule has 1 saturated heterocycles. The highest BCUT2D eigenvalue weighted by molar-refractivity contribution is 5.98. The zero-order chi connectivity index (χ0) is 20.1. The number of nitrogens with zero attached hydrogens (tertiary/aromatic N) is 1. The smallest absolute Gasteiger partial charge is 0.338 e. The predicted octanol–water partition coefficient (Wildman–Crippen LogP) is 4.75. The van der Waals surface area contributed by atoms with Crippen molar-refractivity contribution in [1.29, 1.82) is 0 Å². The summed E-state index contributed by atoms with van der Waals surface area (Å²) in [7, 11) is 0. The first-order valence-electron chi connectivity index (χ1n) is 9.82. The summed E-state index contributed by atoms with van der Waals surface area (Å²) in [5.41, 5.74) is 3.44. The molecule has 2 aromatic rings. The first kappa shape index (κ1) is 20.4. The Morgan fingerprint density at radius 2 is 1.93 bits per heavy atom. The molecule has 1 unspecified atom stereocenters. The summed E-state index contributed by atoms with van der Waals surface area (Å²) < 4.78 is 25.1. The Bertz CT molecular complexity index is 829. The van der Waals surface area contributed by atoms with Crippen LogP contribution >= 0.6 is 0 Å². The minimum atomic E-state index is -1.04. The van der Waals surface area contributed by atoms with Crippen LogP contribution in [0.1, 0.15) is 60.4 Å². The van der Waals surface area contributed by atoms with E-state index in [1.807, 2.05) is 13.8 Å². The van der Waals surface area contributed by atoms with Gasteiger partial charge in [0.2, 0.25) is 0 Å². The lowest BCUT2D eigenvalue weighted by Gasteiger charge is -2.25. The number of benzene rings is 1. The minimum Gasteiger partial charge on any atom is -0.478 e. The molecule has 0 radical (unpaired) electrons. The highest BCUT2D eigenvalue weighted by atomic mass is 19.1. The molecule has 0 saturated carbocycles. The van der Waals surface area contributed by atoms with Crippen molar-refractivity contribution in [2.45, 2.75) is 58.8 Å². The van der Waals surface area contributed by atoms with E-state index in [-0.39, 0.29) is 24.3 Å². The lowest BCUT2D eigenvalue weighted by atomic mass is 9.91. The Hall–Kier alpha value is -2.31. The van der Waals surface area contributed by atoms with Crippen molar-refractivity contribution in [2.75, 3.05) is 6.61 Å². The van der Waals surface area contributed by atoms with Crippen molar-refractivity contribution in [2.24, 2.45) is 0 Å². The van der Waals surface area contributed by atoms with Gasteiger partial charge >= 0.3 is 5.97 Å². The van der Waals surface area contributed by atoms with Crippen molar-refractivity contribution in [1.82, 2.24) is 4.98 Å². The number of halogens is 1. The number of carboxylic acids is 1. The minimum absolute atomic E-state index is 0.162. The van der Waals surface area contributed by atoms with E-state index in [1.54, 1.807) is 12.1 Å². The average Bonchev–Trinajstić information content (AvgIpc) is 2.72. The molecule has 2 heterocycles. The lowest BCUT2D eigenvalue weighted by Crippen LogP contribution is -2.23. The molecule has 28 heavy (non-hydrogen) atoms. The maximum Gasteiger partial charge on any atom is 0.338 e. The Morgan fingerprint density at radius 3 is 2.50 bits per heavy atom. The molecule has 1 aliphatic rings. The summed E-state index contributed by atoms with van der Waals surface area (Å²) in [5.74, 6) is -1.41. The molecule has 1 N–H and O–H groups in total. The van der Waals surface area contributed by atoms with Crippen LogP contribution in [0.3, 0.4) is 0 Å². The van der Waals surface area contributed by atoms with Gasteiger partial charge < -0.3 is 14.6 Å². The van der Waals surface area contributed by atoms with E-state index in [1.165, 1.54) is 12.1 Å². The monoisotopic (exact) mass is 387 g/mol. The van der Waals surface area contributed by atoms with Gasteiger partial charge in [-0.25, -0.2) is 9.18 Å². The molecule has 1 aliphatic heterocycles. The molecule has 0 aliphatic carbocycles. The van der Waals surface area contributed by atoms with Crippen molar-refractivity contribution < 1.29 is 23.8 Å². The first-order chi connectivity index (χ1) is 13.5. The largest absolute Gasteiger partial charge is 0.478 e. The maximum absolute atomic E-state index is 13.5. The predicted molar refractivity (Wildman–Crippen MR) is 104 cm³/mol. The molecule has 3 rings (SSSR count). The van der Waals surface area contributed by atoms with Gasteiger partial charge in [0.25, 0.3) is 0 Å². The van der Waals surface area contributed by atoms with Crippen molar-refractivity contribution in [3.05, 3.63) is 52.6 Å². The fraction of sp³-hybridized carbons (Fsp3) is 0.455. The summed E-state index contributed by atoms with van der Waals surface area (Å²) >= 11 is 0. The second kappa shape index (κ2) is 9.26. The molecule has 150 valence electrons. The van der Waals surface area contributed by atoms with Crippen LogP contribution in [0.4, 0.5) is 4.39 Å². The molecule has 5 nitrogen and oxygen atoms in total. The number of carbonyl (C=O) groups is 1. The van der Waals surface area contributed by atoms with Gasteiger partial charge in [0.05, 0.1) is 17.9 Å². The fourth-order valence-electron chi connectivity index (χ4n) is 3.61. The summed E-state index contributed by atoms with van der Waals surface area (Å²) in [4.78, 5) is 16.7. The van der Waals surface area contributed by atoms with Crippen LogP contribution < -0.4 is 0 Å². The third kappa shape index (κ3) is 4.39. The van der Waals surface area contributed by atoms with Crippen LogP contribution in [0, 0.1) is 5.82 Å². The Morgan fingerprint density at radius 1 is 1.21 bits per heavy atom. The number of hydrogen-bond donors (Lipinski definition) is 1. The van der Waals surface area contributed by atoms with Gasteiger partial charge in [-0.1, -0.05) is 26.0 Å². The molecule has 1 aromatic heterocycles. The zero-order valence-electron chi connectivity index (χ0n) is 16.3. The SMILES string of the molecule is CCc1nc(CC)c(C(=O)O)c(-c2ccc(F)cc2)c1COC1CCCCO1.